The predicted molar refractivity (Wildman–Crippen MR) is 99.7 cm³/mol. The van der Waals surface area contributed by atoms with Crippen LogP contribution in [0.25, 0.3) is 0 Å². The molecule has 0 aliphatic heterocycles. The fourth-order valence-corrected chi connectivity index (χ4v) is 2.23. The quantitative estimate of drug-likeness (QED) is 0.619. The topological polar surface area (TPSA) is 42.6 Å². The first kappa shape index (κ1) is 18.0. The highest BCUT2D eigenvalue weighted by molar-refractivity contribution is 5.64. The minimum absolute atomic E-state index is 0.00488. The van der Waals surface area contributed by atoms with Gasteiger partial charge in [0, 0.05) is 32.6 Å². The van der Waals surface area contributed by atoms with Crippen molar-refractivity contribution in [3.8, 4) is 11.6 Å². The van der Waals surface area contributed by atoms with E-state index < -0.39 is 0 Å². The molecule has 2 rings (SSSR count). The lowest BCUT2D eigenvalue weighted by molar-refractivity contribution is 0.427. The summed E-state index contributed by atoms with van der Waals surface area (Å²) in [7, 11) is 5.82. The molecular formula is C19H28N4O. The van der Waals surface area contributed by atoms with Crippen LogP contribution in [0.5, 0.6) is 11.6 Å². The summed E-state index contributed by atoms with van der Waals surface area (Å²) >= 11 is 0. The van der Waals surface area contributed by atoms with Gasteiger partial charge in [0.1, 0.15) is 5.75 Å². The lowest BCUT2D eigenvalue weighted by Gasteiger charge is -2.13. The van der Waals surface area contributed by atoms with Crippen molar-refractivity contribution in [2.45, 2.75) is 40.0 Å². The normalized spacial score (nSPS) is 12.0. The molecule has 5 nitrogen and oxygen atoms in total. The van der Waals surface area contributed by atoms with E-state index in [2.05, 4.69) is 30.9 Å². The number of hydrogen-bond acceptors (Lipinski definition) is 3. The van der Waals surface area contributed by atoms with Crippen molar-refractivity contribution in [3.63, 3.8) is 0 Å². The molecule has 0 fully saturated rings. The van der Waals surface area contributed by atoms with Crippen LogP contribution in [-0.2, 0) is 12.5 Å². The third kappa shape index (κ3) is 4.16. The Bertz CT molecular complexity index is 751. The van der Waals surface area contributed by atoms with Crippen molar-refractivity contribution in [2.75, 3.05) is 14.1 Å². The molecule has 0 unspecified atom stereocenters. The Morgan fingerprint density at radius 2 is 1.79 bits per heavy atom. The molecule has 2 aromatic rings. The van der Waals surface area contributed by atoms with Crippen molar-refractivity contribution in [1.82, 2.24) is 14.7 Å². The molecule has 24 heavy (non-hydrogen) atoms. The van der Waals surface area contributed by atoms with Crippen LogP contribution in [0.15, 0.2) is 23.2 Å². The van der Waals surface area contributed by atoms with Gasteiger partial charge in [-0.25, -0.2) is 9.67 Å². The van der Waals surface area contributed by atoms with Crippen LogP contribution >= 0.6 is 0 Å². The third-order valence-electron chi connectivity index (χ3n) is 3.74. The van der Waals surface area contributed by atoms with Gasteiger partial charge < -0.3 is 9.64 Å². The van der Waals surface area contributed by atoms with Crippen LogP contribution < -0.4 is 4.74 Å². The predicted octanol–water partition coefficient (Wildman–Crippen LogP) is 4.35. The maximum Gasteiger partial charge on any atom is 0.217 e. The van der Waals surface area contributed by atoms with Gasteiger partial charge in [-0.1, -0.05) is 20.8 Å². The fraction of sp³-hybridized carbons (Fsp3) is 0.474. The molecule has 0 bridgehead atoms. The van der Waals surface area contributed by atoms with Crippen LogP contribution in [-0.4, -0.2) is 35.1 Å². The van der Waals surface area contributed by atoms with E-state index in [-0.39, 0.29) is 5.41 Å². The fourth-order valence-electron chi connectivity index (χ4n) is 2.23. The first-order valence-corrected chi connectivity index (χ1v) is 8.12. The van der Waals surface area contributed by atoms with Crippen molar-refractivity contribution in [1.29, 1.82) is 0 Å². The number of nitrogens with zero attached hydrogens (tertiary/aromatic N) is 4. The molecule has 1 aromatic carbocycles. The summed E-state index contributed by atoms with van der Waals surface area (Å²) in [4.78, 5) is 6.42. The molecular weight excluding hydrogens is 300 g/mol. The summed E-state index contributed by atoms with van der Waals surface area (Å²) in [5.74, 6) is 1.58. The van der Waals surface area contributed by atoms with Gasteiger partial charge in [-0.15, -0.1) is 0 Å². The summed E-state index contributed by atoms with van der Waals surface area (Å²) < 4.78 is 7.90. The number of aryl methyl sites for hydroxylation is 3. The monoisotopic (exact) mass is 328 g/mol. The first-order valence-electron chi connectivity index (χ1n) is 8.12. The summed E-state index contributed by atoms with van der Waals surface area (Å²) in [6, 6.07) is 6.08. The molecule has 0 atom stereocenters. The summed E-state index contributed by atoms with van der Waals surface area (Å²) in [5, 5.41) is 4.56. The van der Waals surface area contributed by atoms with Gasteiger partial charge in [0.05, 0.1) is 17.7 Å². The molecule has 1 aromatic heterocycles. The Hall–Kier alpha value is -2.30. The number of aliphatic imine (C=N–C) groups is 1. The highest BCUT2D eigenvalue weighted by atomic mass is 16.5. The SMILES string of the molecule is Cc1cc(Oc2cc(C(C)(C)C)nn2C)c(C)cc1/N=C/N(C)C. The van der Waals surface area contributed by atoms with E-state index in [1.807, 2.05) is 58.1 Å². The zero-order valence-corrected chi connectivity index (χ0v) is 16.0. The minimum Gasteiger partial charge on any atom is -0.439 e. The van der Waals surface area contributed by atoms with Gasteiger partial charge in [0.2, 0.25) is 5.88 Å². The van der Waals surface area contributed by atoms with Crippen LogP contribution in [0.4, 0.5) is 5.69 Å². The van der Waals surface area contributed by atoms with Gasteiger partial charge in [0.15, 0.2) is 0 Å². The highest BCUT2D eigenvalue weighted by Gasteiger charge is 2.20. The summed E-state index contributed by atoms with van der Waals surface area (Å²) in [6.07, 6.45) is 1.80. The molecule has 0 radical (unpaired) electrons. The maximum atomic E-state index is 6.12. The molecule has 0 saturated carbocycles. The van der Waals surface area contributed by atoms with Crippen molar-refractivity contribution in [2.24, 2.45) is 12.0 Å². The standard InChI is InChI=1S/C19H28N4O/c1-13-10-16(14(2)9-15(13)20-12-22(6)7)24-18-11-17(19(3,4)5)21-23(18)8/h9-12H,1-8H3/b20-12+. The molecule has 0 spiro atoms. The van der Waals surface area contributed by atoms with E-state index >= 15 is 0 Å². The second-order valence-electron chi connectivity index (χ2n) is 7.46. The third-order valence-corrected chi connectivity index (χ3v) is 3.74. The zero-order valence-electron chi connectivity index (χ0n) is 16.0. The molecule has 130 valence electrons. The van der Waals surface area contributed by atoms with Crippen LogP contribution in [0.3, 0.4) is 0 Å². The average molecular weight is 328 g/mol. The summed E-state index contributed by atoms with van der Waals surface area (Å²) in [6.45, 7) is 10.5. The van der Waals surface area contributed by atoms with Crippen LogP contribution in [0.1, 0.15) is 37.6 Å². The van der Waals surface area contributed by atoms with Gasteiger partial charge in [-0.05, 0) is 37.1 Å². The van der Waals surface area contributed by atoms with E-state index in [1.54, 1.807) is 11.0 Å². The molecule has 5 heteroatoms. The Kier molecular flexibility index (Phi) is 5.02. The smallest absolute Gasteiger partial charge is 0.217 e. The van der Waals surface area contributed by atoms with Crippen LogP contribution in [0.2, 0.25) is 0 Å². The van der Waals surface area contributed by atoms with E-state index in [0.717, 1.165) is 34.1 Å². The largest absolute Gasteiger partial charge is 0.439 e. The van der Waals surface area contributed by atoms with Crippen molar-refractivity contribution >= 4 is 12.0 Å². The van der Waals surface area contributed by atoms with Crippen molar-refractivity contribution in [3.05, 3.63) is 35.0 Å². The molecule has 0 aliphatic rings. The minimum atomic E-state index is -0.00488. The van der Waals surface area contributed by atoms with Crippen molar-refractivity contribution < 1.29 is 4.74 Å². The molecule has 0 N–H and O–H groups in total. The lowest BCUT2D eigenvalue weighted by Crippen LogP contribution is -2.12. The number of hydrogen-bond donors (Lipinski definition) is 0. The van der Waals surface area contributed by atoms with E-state index in [1.165, 1.54) is 0 Å². The number of ether oxygens (including phenoxy) is 1. The zero-order chi connectivity index (χ0) is 18.1. The Morgan fingerprint density at radius 1 is 1.12 bits per heavy atom. The number of benzene rings is 1. The number of rotatable bonds is 4. The van der Waals surface area contributed by atoms with E-state index in [0.29, 0.717) is 0 Å². The van der Waals surface area contributed by atoms with Crippen LogP contribution in [0, 0.1) is 13.8 Å². The van der Waals surface area contributed by atoms with Gasteiger partial charge in [0.25, 0.3) is 0 Å². The Balaban J connectivity index is 2.31. The molecule has 0 amide bonds. The molecule has 1 heterocycles. The Labute approximate surface area is 145 Å². The lowest BCUT2D eigenvalue weighted by atomic mass is 9.93. The molecule has 0 saturated heterocycles. The van der Waals surface area contributed by atoms with Gasteiger partial charge >= 0.3 is 0 Å². The van der Waals surface area contributed by atoms with Gasteiger partial charge in [-0.2, -0.15) is 5.10 Å². The highest BCUT2D eigenvalue weighted by Crippen LogP contribution is 2.33. The Morgan fingerprint density at radius 3 is 2.33 bits per heavy atom. The summed E-state index contributed by atoms with van der Waals surface area (Å²) in [5.41, 5.74) is 4.09. The van der Waals surface area contributed by atoms with Gasteiger partial charge in [-0.3, -0.25) is 0 Å². The molecule has 0 aliphatic carbocycles. The second kappa shape index (κ2) is 6.67. The number of aromatic nitrogens is 2. The van der Waals surface area contributed by atoms with E-state index in [9.17, 15) is 0 Å². The maximum absolute atomic E-state index is 6.12. The average Bonchev–Trinajstić information content (AvgIpc) is 2.82. The second-order valence-corrected chi connectivity index (χ2v) is 7.46. The van der Waals surface area contributed by atoms with E-state index in [4.69, 9.17) is 4.74 Å². The first-order chi connectivity index (χ1) is 11.1.